The molecule has 1 aromatic rings. The van der Waals surface area contributed by atoms with Crippen LogP contribution in [0.4, 0.5) is 10.1 Å². The molecule has 6 heteroatoms. The Bertz CT molecular complexity index is 643. The largest absolute Gasteiger partial charge is 0.330 e. The number of aliphatic imine (C=N–C) groups is 1. The molecule has 2 fully saturated rings. The Balaban J connectivity index is 1.85. The van der Waals surface area contributed by atoms with Crippen molar-refractivity contribution in [3.8, 4) is 0 Å². The van der Waals surface area contributed by atoms with Crippen LogP contribution in [-0.2, 0) is 4.79 Å². The van der Waals surface area contributed by atoms with E-state index in [1.54, 1.807) is 35.7 Å². The Morgan fingerprint density at radius 1 is 1.27 bits per heavy atom. The molecular weight excluding hydrogens is 349 g/mol. The molecule has 4 nitrogen and oxygen atoms in total. The lowest BCUT2D eigenvalue weighted by Gasteiger charge is -2.35. The van der Waals surface area contributed by atoms with Crippen LogP contribution in [-0.4, -0.2) is 40.5 Å². The number of amides is 1. The third kappa shape index (κ3) is 4.40. The molecule has 2 aliphatic rings. The molecule has 26 heavy (non-hydrogen) atoms. The van der Waals surface area contributed by atoms with Gasteiger partial charge < -0.3 is 4.90 Å². The van der Waals surface area contributed by atoms with Crippen molar-refractivity contribution in [1.82, 2.24) is 4.90 Å². The fourth-order valence-corrected chi connectivity index (χ4v) is 5.02. The van der Waals surface area contributed by atoms with Crippen molar-refractivity contribution in [1.29, 1.82) is 0 Å². The maximum absolute atomic E-state index is 13.3. The van der Waals surface area contributed by atoms with Crippen LogP contribution in [0.5, 0.6) is 0 Å². The van der Waals surface area contributed by atoms with E-state index in [2.05, 4.69) is 11.8 Å². The second kappa shape index (κ2) is 8.89. The van der Waals surface area contributed by atoms with Gasteiger partial charge in [0, 0.05) is 24.9 Å². The SMILES string of the molecule is CCCN1C(=NC2CCCCC2)SCC1N(C(C)=O)c1ccc(F)cc1. The summed E-state index contributed by atoms with van der Waals surface area (Å²) in [6.07, 6.45) is 7.11. The molecule has 1 heterocycles. The van der Waals surface area contributed by atoms with Crippen LogP contribution in [0.1, 0.15) is 52.4 Å². The number of carbonyl (C=O) groups is 1. The van der Waals surface area contributed by atoms with Gasteiger partial charge in [-0.3, -0.25) is 14.7 Å². The van der Waals surface area contributed by atoms with Crippen molar-refractivity contribution in [2.75, 3.05) is 17.2 Å². The first-order valence-electron chi connectivity index (χ1n) is 9.62. The number of hydrogen-bond acceptors (Lipinski definition) is 3. The molecule has 1 atom stereocenters. The van der Waals surface area contributed by atoms with Gasteiger partial charge in [0.05, 0.1) is 6.04 Å². The first kappa shape index (κ1) is 19.2. The van der Waals surface area contributed by atoms with Crippen molar-refractivity contribution in [2.45, 2.75) is 64.6 Å². The molecule has 1 saturated carbocycles. The van der Waals surface area contributed by atoms with Gasteiger partial charge in [-0.05, 0) is 43.5 Å². The number of hydrogen-bond donors (Lipinski definition) is 0. The van der Waals surface area contributed by atoms with Gasteiger partial charge in [0.2, 0.25) is 5.91 Å². The molecule has 0 radical (unpaired) electrons. The number of anilines is 1. The molecule has 0 aromatic heterocycles. The fraction of sp³-hybridized carbons (Fsp3) is 0.600. The highest BCUT2D eigenvalue weighted by Gasteiger charge is 2.36. The van der Waals surface area contributed by atoms with Crippen molar-refractivity contribution < 1.29 is 9.18 Å². The number of halogens is 1. The first-order valence-corrected chi connectivity index (χ1v) is 10.6. The Kier molecular flexibility index (Phi) is 6.57. The highest BCUT2D eigenvalue weighted by molar-refractivity contribution is 8.14. The van der Waals surface area contributed by atoms with Gasteiger partial charge in [-0.15, -0.1) is 0 Å². The van der Waals surface area contributed by atoms with E-state index in [1.807, 2.05) is 0 Å². The zero-order valence-corrected chi connectivity index (χ0v) is 16.5. The second-order valence-corrected chi connectivity index (χ2v) is 8.04. The number of rotatable bonds is 5. The van der Waals surface area contributed by atoms with Crippen LogP contribution in [0.2, 0.25) is 0 Å². The Morgan fingerprint density at radius 2 is 1.96 bits per heavy atom. The molecule has 1 saturated heterocycles. The number of thioether (sulfide) groups is 1. The molecular formula is C20H28FN3OS. The summed E-state index contributed by atoms with van der Waals surface area (Å²) in [5, 5.41) is 1.07. The van der Waals surface area contributed by atoms with Crippen molar-refractivity contribution >= 4 is 28.5 Å². The summed E-state index contributed by atoms with van der Waals surface area (Å²) in [4.78, 5) is 21.5. The Labute approximate surface area is 159 Å². The lowest BCUT2D eigenvalue weighted by molar-refractivity contribution is -0.117. The maximum atomic E-state index is 13.3. The third-order valence-electron chi connectivity index (χ3n) is 5.04. The van der Waals surface area contributed by atoms with Gasteiger partial charge in [0.15, 0.2) is 5.17 Å². The zero-order chi connectivity index (χ0) is 18.5. The smallest absolute Gasteiger partial charge is 0.225 e. The molecule has 1 aromatic carbocycles. The standard InChI is InChI=1S/C20H28FN3OS/c1-3-13-23-19(14-26-20(23)22-17-7-5-4-6-8-17)24(15(2)25)18-11-9-16(21)10-12-18/h9-12,17,19H,3-8,13-14H2,1-2H3. The summed E-state index contributed by atoms with van der Waals surface area (Å²) in [5.41, 5.74) is 0.740. The highest BCUT2D eigenvalue weighted by Crippen LogP contribution is 2.32. The van der Waals surface area contributed by atoms with Crippen molar-refractivity contribution in [3.63, 3.8) is 0 Å². The van der Waals surface area contributed by atoms with Gasteiger partial charge in [0.25, 0.3) is 0 Å². The van der Waals surface area contributed by atoms with Crippen LogP contribution < -0.4 is 4.90 Å². The first-order chi connectivity index (χ1) is 12.6. The topological polar surface area (TPSA) is 35.9 Å². The van der Waals surface area contributed by atoms with E-state index in [0.717, 1.165) is 29.6 Å². The third-order valence-corrected chi connectivity index (χ3v) is 6.10. The number of amidine groups is 1. The van der Waals surface area contributed by atoms with Gasteiger partial charge >= 0.3 is 0 Å². The molecule has 142 valence electrons. The van der Waals surface area contributed by atoms with Crippen LogP contribution in [0.3, 0.4) is 0 Å². The predicted octanol–water partition coefficient (Wildman–Crippen LogP) is 4.65. The second-order valence-electron chi connectivity index (χ2n) is 7.05. The highest BCUT2D eigenvalue weighted by atomic mass is 32.2. The van der Waals surface area contributed by atoms with Crippen LogP contribution in [0, 0.1) is 5.82 Å². The minimum absolute atomic E-state index is 0.0257. The van der Waals surface area contributed by atoms with E-state index in [4.69, 9.17) is 4.99 Å². The van der Waals surface area contributed by atoms with Crippen molar-refractivity contribution in [3.05, 3.63) is 30.1 Å². The van der Waals surface area contributed by atoms with Gasteiger partial charge in [-0.1, -0.05) is 37.9 Å². The number of benzene rings is 1. The lowest BCUT2D eigenvalue weighted by atomic mass is 9.96. The monoisotopic (exact) mass is 377 g/mol. The molecule has 0 spiro atoms. The zero-order valence-electron chi connectivity index (χ0n) is 15.7. The predicted molar refractivity (Wildman–Crippen MR) is 107 cm³/mol. The summed E-state index contributed by atoms with van der Waals surface area (Å²) in [6.45, 7) is 4.59. The molecule has 1 aliphatic heterocycles. The van der Waals surface area contributed by atoms with E-state index < -0.39 is 0 Å². The Morgan fingerprint density at radius 3 is 2.58 bits per heavy atom. The molecule has 3 rings (SSSR count). The quantitative estimate of drug-likeness (QED) is 0.749. The van der Waals surface area contributed by atoms with Crippen LogP contribution in [0.15, 0.2) is 29.3 Å². The minimum Gasteiger partial charge on any atom is -0.330 e. The van der Waals surface area contributed by atoms with E-state index in [-0.39, 0.29) is 17.9 Å². The summed E-state index contributed by atoms with van der Waals surface area (Å²) in [6, 6.07) is 6.60. The molecule has 1 amide bonds. The van der Waals surface area contributed by atoms with E-state index in [9.17, 15) is 9.18 Å². The molecule has 0 N–H and O–H groups in total. The lowest BCUT2D eigenvalue weighted by Crippen LogP contribution is -2.50. The minimum atomic E-state index is -0.289. The Hall–Kier alpha value is -1.56. The molecule has 1 unspecified atom stereocenters. The van der Waals surface area contributed by atoms with E-state index in [1.165, 1.54) is 44.2 Å². The number of nitrogens with zero attached hydrogens (tertiary/aromatic N) is 3. The maximum Gasteiger partial charge on any atom is 0.225 e. The van der Waals surface area contributed by atoms with Crippen LogP contribution in [0.25, 0.3) is 0 Å². The van der Waals surface area contributed by atoms with Crippen LogP contribution >= 0.6 is 11.8 Å². The number of carbonyl (C=O) groups excluding carboxylic acids is 1. The molecule has 1 aliphatic carbocycles. The normalized spacial score (nSPS) is 22.8. The average Bonchev–Trinajstić information content (AvgIpc) is 3.00. The van der Waals surface area contributed by atoms with Gasteiger partial charge in [-0.25, -0.2) is 4.39 Å². The summed E-state index contributed by atoms with van der Waals surface area (Å²) < 4.78 is 13.3. The average molecular weight is 378 g/mol. The fourth-order valence-electron chi connectivity index (χ4n) is 3.79. The van der Waals surface area contributed by atoms with Crippen molar-refractivity contribution in [2.24, 2.45) is 4.99 Å². The molecule has 0 bridgehead atoms. The van der Waals surface area contributed by atoms with Gasteiger partial charge in [-0.2, -0.15) is 0 Å². The summed E-state index contributed by atoms with van der Waals surface area (Å²) in [7, 11) is 0. The van der Waals surface area contributed by atoms with E-state index in [0.29, 0.717) is 6.04 Å². The van der Waals surface area contributed by atoms with Gasteiger partial charge in [0.1, 0.15) is 12.0 Å². The van der Waals surface area contributed by atoms with E-state index >= 15 is 0 Å². The summed E-state index contributed by atoms with van der Waals surface area (Å²) >= 11 is 1.74. The summed E-state index contributed by atoms with van der Waals surface area (Å²) in [5.74, 6) is 0.480.